The molecule has 0 saturated heterocycles. The Labute approximate surface area is 157 Å². The lowest BCUT2D eigenvalue weighted by Crippen LogP contribution is -2.44. The fourth-order valence-electron chi connectivity index (χ4n) is 2.89. The number of sulfone groups is 1. The molecular weight excluding hydrogens is 360 g/mol. The molecule has 0 bridgehead atoms. The van der Waals surface area contributed by atoms with E-state index in [1.807, 2.05) is 24.3 Å². The highest BCUT2D eigenvalue weighted by molar-refractivity contribution is 7.91. The highest BCUT2D eigenvalue weighted by Crippen LogP contribution is 2.22. The minimum Gasteiger partial charge on any atom is -0.245 e. The van der Waals surface area contributed by atoms with Crippen molar-refractivity contribution < 1.29 is 8.42 Å². The summed E-state index contributed by atoms with van der Waals surface area (Å²) in [6, 6.07) is 17.3. The van der Waals surface area contributed by atoms with Crippen molar-refractivity contribution >= 4 is 23.1 Å². The number of nitriles is 1. The van der Waals surface area contributed by atoms with Gasteiger partial charge in [-0.2, -0.15) is 5.26 Å². The van der Waals surface area contributed by atoms with E-state index in [0.29, 0.717) is 6.42 Å². The van der Waals surface area contributed by atoms with Crippen molar-refractivity contribution in [3.8, 4) is 6.07 Å². The minimum absolute atomic E-state index is 0.0604. The van der Waals surface area contributed by atoms with Gasteiger partial charge in [-0.25, -0.2) is 13.4 Å². The van der Waals surface area contributed by atoms with Crippen LogP contribution in [0, 0.1) is 11.3 Å². The molecule has 1 heterocycles. The molecule has 0 N–H and O–H groups in total. The van der Waals surface area contributed by atoms with Gasteiger partial charge in [0.05, 0.1) is 11.8 Å². The summed E-state index contributed by atoms with van der Waals surface area (Å²) in [5, 5.41) is 11.4. The summed E-state index contributed by atoms with van der Waals surface area (Å²) in [6.07, 6.45) is 5.33. The van der Waals surface area contributed by atoms with Gasteiger partial charge in [0.15, 0.2) is 14.9 Å². The Balaban J connectivity index is 2.32. The standard InChI is InChI=1S/C20H24N2O2SSi/c1-26(2,18-10-4-3-5-11-18)19(12-6-8-15-21)14-17-25(23,24)20-13-7-9-16-22-20/h3-5,7,9-11,13-14,16H,6,8,12,17H2,1-2H3/b19-14+. The van der Waals surface area contributed by atoms with Crippen LogP contribution >= 0.6 is 0 Å². The topological polar surface area (TPSA) is 70.8 Å². The Morgan fingerprint density at radius 3 is 2.46 bits per heavy atom. The zero-order valence-electron chi connectivity index (χ0n) is 15.2. The van der Waals surface area contributed by atoms with Crippen molar-refractivity contribution in [1.82, 2.24) is 4.98 Å². The van der Waals surface area contributed by atoms with Crippen LogP contribution < -0.4 is 5.19 Å². The Morgan fingerprint density at radius 1 is 1.15 bits per heavy atom. The molecule has 0 aliphatic rings. The number of unbranched alkanes of at least 4 members (excludes halogenated alkanes) is 1. The molecule has 26 heavy (non-hydrogen) atoms. The number of aromatic nitrogens is 1. The first-order valence-electron chi connectivity index (χ1n) is 8.63. The summed E-state index contributed by atoms with van der Waals surface area (Å²) in [5.74, 6) is -0.0604. The van der Waals surface area contributed by atoms with Gasteiger partial charge in [-0.3, -0.25) is 0 Å². The molecule has 0 aliphatic carbocycles. The fourth-order valence-corrected chi connectivity index (χ4v) is 6.95. The van der Waals surface area contributed by atoms with E-state index in [1.54, 1.807) is 12.1 Å². The van der Waals surface area contributed by atoms with Crippen LogP contribution in [0.1, 0.15) is 19.3 Å². The normalized spacial score (nSPS) is 12.6. The van der Waals surface area contributed by atoms with E-state index in [2.05, 4.69) is 36.3 Å². The highest BCUT2D eigenvalue weighted by Gasteiger charge is 2.28. The summed E-state index contributed by atoms with van der Waals surface area (Å²) >= 11 is 0. The number of pyridine rings is 1. The van der Waals surface area contributed by atoms with Crippen molar-refractivity contribution in [1.29, 1.82) is 5.26 Å². The molecule has 1 aromatic carbocycles. The van der Waals surface area contributed by atoms with Crippen LogP contribution in [0.25, 0.3) is 0 Å². The van der Waals surface area contributed by atoms with Crippen molar-refractivity contribution in [3.63, 3.8) is 0 Å². The van der Waals surface area contributed by atoms with Gasteiger partial charge in [0.2, 0.25) is 0 Å². The van der Waals surface area contributed by atoms with E-state index >= 15 is 0 Å². The second kappa shape index (κ2) is 8.92. The predicted octanol–water partition coefficient (Wildman–Crippen LogP) is 3.63. The molecule has 0 amide bonds. The molecule has 136 valence electrons. The maximum atomic E-state index is 12.6. The van der Waals surface area contributed by atoms with Gasteiger partial charge in [-0.05, 0) is 25.0 Å². The number of hydrogen-bond acceptors (Lipinski definition) is 4. The molecule has 0 atom stereocenters. The molecular formula is C20H24N2O2SSi. The third kappa shape index (κ3) is 5.13. The number of nitrogens with zero attached hydrogens (tertiary/aromatic N) is 2. The van der Waals surface area contributed by atoms with E-state index in [-0.39, 0.29) is 10.8 Å². The van der Waals surface area contributed by atoms with Crippen LogP contribution in [0.4, 0.5) is 0 Å². The molecule has 4 nitrogen and oxygen atoms in total. The summed E-state index contributed by atoms with van der Waals surface area (Å²) < 4.78 is 25.2. The Bertz CT molecular complexity index is 886. The smallest absolute Gasteiger partial charge is 0.199 e. The quantitative estimate of drug-likeness (QED) is 0.515. The van der Waals surface area contributed by atoms with Crippen LogP contribution in [0.2, 0.25) is 13.1 Å². The first kappa shape index (κ1) is 20.1. The van der Waals surface area contributed by atoms with Crippen LogP contribution in [-0.4, -0.2) is 27.2 Å². The largest absolute Gasteiger partial charge is 0.245 e. The van der Waals surface area contributed by atoms with Gasteiger partial charge >= 0.3 is 0 Å². The lowest BCUT2D eigenvalue weighted by Gasteiger charge is -2.27. The third-order valence-electron chi connectivity index (χ3n) is 4.54. The van der Waals surface area contributed by atoms with Crippen molar-refractivity contribution in [2.45, 2.75) is 37.4 Å². The first-order chi connectivity index (χ1) is 12.4. The zero-order chi connectivity index (χ0) is 19.0. The molecule has 2 rings (SSSR count). The lowest BCUT2D eigenvalue weighted by atomic mass is 10.2. The van der Waals surface area contributed by atoms with Gasteiger partial charge in [0.25, 0.3) is 0 Å². The average Bonchev–Trinajstić information content (AvgIpc) is 2.66. The number of rotatable bonds is 8. The molecule has 0 saturated carbocycles. The molecule has 0 fully saturated rings. The van der Waals surface area contributed by atoms with Crippen LogP contribution in [0.5, 0.6) is 0 Å². The van der Waals surface area contributed by atoms with E-state index < -0.39 is 17.9 Å². The Hall–Kier alpha value is -2.23. The summed E-state index contributed by atoms with van der Waals surface area (Å²) in [7, 11) is -5.45. The van der Waals surface area contributed by atoms with Crippen molar-refractivity contribution in [3.05, 3.63) is 66.0 Å². The lowest BCUT2D eigenvalue weighted by molar-refractivity contribution is 0.595. The number of allylic oxidation sites excluding steroid dienone is 1. The fraction of sp³-hybridized carbons (Fsp3) is 0.300. The summed E-state index contributed by atoms with van der Waals surface area (Å²) in [5.41, 5.74) is 0. The maximum Gasteiger partial charge on any atom is 0.199 e. The highest BCUT2D eigenvalue weighted by atomic mass is 32.2. The van der Waals surface area contributed by atoms with E-state index in [4.69, 9.17) is 5.26 Å². The number of benzene rings is 1. The zero-order valence-corrected chi connectivity index (χ0v) is 17.0. The van der Waals surface area contributed by atoms with Crippen LogP contribution in [0.15, 0.2) is 71.0 Å². The Morgan fingerprint density at radius 2 is 1.85 bits per heavy atom. The Kier molecular flexibility index (Phi) is 6.89. The van der Waals surface area contributed by atoms with Gasteiger partial charge < -0.3 is 0 Å². The van der Waals surface area contributed by atoms with Gasteiger partial charge in [0, 0.05) is 12.6 Å². The van der Waals surface area contributed by atoms with Crippen LogP contribution in [-0.2, 0) is 9.84 Å². The van der Waals surface area contributed by atoms with Gasteiger partial charge in [-0.1, -0.05) is 66.0 Å². The van der Waals surface area contributed by atoms with Crippen molar-refractivity contribution in [2.75, 3.05) is 5.75 Å². The molecule has 0 aliphatic heterocycles. The molecule has 2 aromatic rings. The first-order valence-corrected chi connectivity index (χ1v) is 13.3. The van der Waals surface area contributed by atoms with Crippen molar-refractivity contribution in [2.24, 2.45) is 0 Å². The third-order valence-corrected chi connectivity index (χ3v) is 9.86. The molecule has 0 radical (unpaired) electrons. The van der Waals surface area contributed by atoms with E-state index in [9.17, 15) is 8.42 Å². The van der Waals surface area contributed by atoms with Gasteiger partial charge in [-0.15, -0.1) is 0 Å². The SMILES string of the molecule is C[Si](C)(/C(=C/CS(=O)(=O)c1ccccn1)CCCC#N)c1ccccc1. The summed E-state index contributed by atoms with van der Waals surface area (Å²) in [4.78, 5) is 3.98. The van der Waals surface area contributed by atoms with E-state index in [0.717, 1.165) is 12.8 Å². The summed E-state index contributed by atoms with van der Waals surface area (Å²) in [6.45, 7) is 4.46. The van der Waals surface area contributed by atoms with E-state index in [1.165, 1.54) is 22.6 Å². The molecule has 1 aromatic heterocycles. The molecule has 6 heteroatoms. The minimum atomic E-state index is -3.46. The maximum absolute atomic E-state index is 12.6. The van der Waals surface area contributed by atoms with Gasteiger partial charge in [0.1, 0.15) is 8.07 Å². The van der Waals surface area contributed by atoms with Crippen LogP contribution in [0.3, 0.4) is 0 Å². The molecule has 0 spiro atoms. The molecule has 0 unspecified atom stereocenters. The monoisotopic (exact) mass is 384 g/mol. The predicted molar refractivity (Wildman–Crippen MR) is 107 cm³/mol. The second-order valence-electron chi connectivity index (χ2n) is 6.68. The number of hydrogen-bond donors (Lipinski definition) is 0. The second-order valence-corrected chi connectivity index (χ2v) is 13.1. The average molecular weight is 385 g/mol.